The topological polar surface area (TPSA) is 37.4 Å². The monoisotopic (exact) mass is 271 g/mol. The highest BCUT2D eigenvalue weighted by Gasteiger charge is 2.45. The smallest absolute Gasteiger partial charge is 0.237 e. The Kier molecular flexibility index (Phi) is 3.15. The zero-order valence-corrected chi connectivity index (χ0v) is 12.2. The second-order valence-electron chi connectivity index (χ2n) is 6.31. The van der Waals surface area contributed by atoms with Crippen LogP contribution in [0.1, 0.15) is 44.6 Å². The van der Waals surface area contributed by atoms with Gasteiger partial charge in [0, 0.05) is 25.1 Å². The highest BCUT2D eigenvalue weighted by Crippen LogP contribution is 2.44. The Morgan fingerprint density at radius 3 is 2.75 bits per heavy atom. The number of nitrogens with zero attached hydrogens (tertiary/aromatic N) is 1. The van der Waals surface area contributed by atoms with Gasteiger partial charge >= 0.3 is 0 Å². The fourth-order valence-electron chi connectivity index (χ4n) is 3.29. The summed E-state index contributed by atoms with van der Waals surface area (Å²) in [6.45, 7) is 2.01. The molecular weight excluding hydrogens is 250 g/mol. The van der Waals surface area contributed by atoms with Crippen molar-refractivity contribution in [2.45, 2.75) is 44.4 Å². The van der Waals surface area contributed by atoms with Crippen molar-refractivity contribution in [3.8, 4) is 0 Å². The second kappa shape index (κ2) is 4.72. The Morgan fingerprint density at radius 2 is 2.05 bits per heavy atom. The molecule has 1 aromatic carbocycles. The van der Waals surface area contributed by atoms with Gasteiger partial charge in [0.1, 0.15) is 5.78 Å². The number of ketones is 1. The van der Waals surface area contributed by atoms with Crippen molar-refractivity contribution >= 4 is 17.4 Å². The van der Waals surface area contributed by atoms with Crippen LogP contribution in [0.2, 0.25) is 0 Å². The molecule has 0 saturated heterocycles. The standard InChI is InChI=1S/C17H21NO2/c1-17(11-5-8-15(19)12-9-10-12)13-6-3-4-7-14(13)18(2)16(17)20/h3-4,6-7,12H,5,8-11H2,1-2H3/t17-/m1/s1. The number of fused-ring (bicyclic) bond motifs is 1. The van der Waals surface area contributed by atoms with Crippen molar-refractivity contribution in [2.75, 3.05) is 11.9 Å². The third-order valence-corrected chi connectivity index (χ3v) is 4.77. The minimum absolute atomic E-state index is 0.151. The van der Waals surface area contributed by atoms with Crippen LogP contribution in [0.15, 0.2) is 24.3 Å². The molecule has 0 unspecified atom stereocenters. The number of anilines is 1. The Morgan fingerprint density at radius 1 is 1.35 bits per heavy atom. The number of likely N-dealkylation sites (N-methyl/N-ethyl adjacent to an activating group) is 1. The average molecular weight is 271 g/mol. The maximum absolute atomic E-state index is 12.5. The Balaban J connectivity index is 1.73. The minimum Gasteiger partial charge on any atom is -0.314 e. The van der Waals surface area contributed by atoms with E-state index in [0.717, 1.165) is 36.9 Å². The lowest BCUT2D eigenvalue weighted by atomic mass is 9.79. The summed E-state index contributed by atoms with van der Waals surface area (Å²) in [4.78, 5) is 26.1. The molecule has 1 heterocycles. The largest absolute Gasteiger partial charge is 0.314 e. The number of benzene rings is 1. The van der Waals surface area contributed by atoms with Gasteiger partial charge in [0.15, 0.2) is 0 Å². The molecule has 1 amide bonds. The maximum Gasteiger partial charge on any atom is 0.237 e. The van der Waals surface area contributed by atoms with E-state index in [4.69, 9.17) is 0 Å². The summed E-state index contributed by atoms with van der Waals surface area (Å²) in [6, 6.07) is 7.98. The molecule has 1 aromatic rings. The van der Waals surface area contributed by atoms with E-state index in [-0.39, 0.29) is 5.91 Å². The van der Waals surface area contributed by atoms with Gasteiger partial charge in [0.2, 0.25) is 5.91 Å². The molecule has 2 aliphatic rings. The van der Waals surface area contributed by atoms with Crippen LogP contribution >= 0.6 is 0 Å². The lowest BCUT2D eigenvalue weighted by Gasteiger charge is -2.23. The highest BCUT2D eigenvalue weighted by molar-refractivity contribution is 6.07. The third kappa shape index (κ3) is 2.05. The van der Waals surface area contributed by atoms with E-state index in [9.17, 15) is 9.59 Å². The van der Waals surface area contributed by atoms with Crippen LogP contribution in [0.25, 0.3) is 0 Å². The quantitative estimate of drug-likeness (QED) is 0.825. The van der Waals surface area contributed by atoms with Gasteiger partial charge in [-0.15, -0.1) is 0 Å². The number of amides is 1. The zero-order chi connectivity index (χ0) is 14.3. The van der Waals surface area contributed by atoms with E-state index >= 15 is 0 Å². The first-order chi connectivity index (χ1) is 9.54. The van der Waals surface area contributed by atoms with E-state index in [1.54, 1.807) is 4.90 Å². The van der Waals surface area contributed by atoms with Crippen LogP contribution in [-0.2, 0) is 15.0 Å². The number of hydrogen-bond acceptors (Lipinski definition) is 2. The summed E-state index contributed by atoms with van der Waals surface area (Å²) in [6.07, 6.45) is 4.33. The molecule has 1 fully saturated rings. The van der Waals surface area contributed by atoms with Crippen LogP contribution in [0.3, 0.4) is 0 Å². The molecule has 0 radical (unpaired) electrons. The number of Topliss-reactive ketones (excluding diaryl/α,β-unsaturated/α-hetero) is 1. The lowest BCUT2D eigenvalue weighted by molar-refractivity contribution is -0.123. The van der Waals surface area contributed by atoms with Gasteiger partial charge in [0.05, 0.1) is 5.41 Å². The van der Waals surface area contributed by atoms with Gasteiger partial charge in [-0.05, 0) is 44.2 Å². The molecule has 0 N–H and O–H groups in total. The maximum atomic E-state index is 12.5. The molecule has 3 heteroatoms. The van der Waals surface area contributed by atoms with Crippen molar-refractivity contribution < 1.29 is 9.59 Å². The number of rotatable bonds is 5. The normalized spacial score (nSPS) is 24.9. The first-order valence-electron chi connectivity index (χ1n) is 7.44. The molecule has 106 valence electrons. The summed E-state index contributed by atoms with van der Waals surface area (Å²) in [5.74, 6) is 0.871. The van der Waals surface area contributed by atoms with Crippen molar-refractivity contribution in [2.24, 2.45) is 5.92 Å². The van der Waals surface area contributed by atoms with Crippen LogP contribution in [-0.4, -0.2) is 18.7 Å². The summed E-state index contributed by atoms with van der Waals surface area (Å²) < 4.78 is 0. The van der Waals surface area contributed by atoms with Crippen molar-refractivity contribution in [3.05, 3.63) is 29.8 Å². The summed E-state index contributed by atoms with van der Waals surface area (Å²) >= 11 is 0. The molecule has 1 atom stereocenters. The van der Waals surface area contributed by atoms with Crippen molar-refractivity contribution in [1.82, 2.24) is 0 Å². The number of para-hydroxylation sites is 1. The summed E-state index contributed by atoms with van der Waals surface area (Å²) in [5.41, 5.74) is 1.65. The zero-order valence-electron chi connectivity index (χ0n) is 12.2. The predicted molar refractivity (Wildman–Crippen MR) is 78.8 cm³/mol. The van der Waals surface area contributed by atoms with Crippen LogP contribution in [0.4, 0.5) is 5.69 Å². The molecular formula is C17H21NO2. The summed E-state index contributed by atoms with van der Waals surface area (Å²) in [5, 5.41) is 0. The molecule has 0 aromatic heterocycles. The predicted octanol–water partition coefficient (Wildman–Crippen LogP) is 3.07. The average Bonchev–Trinajstić information content (AvgIpc) is 3.27. The SMILES string of the molecule is CN1C(=O)[C@](C)(CCCC(=O)C2CC2)c2ccccc21. The van der Waals surface area contributed by atoms with Crippen molar-refractivity contribution in [3.63, 3.8) is 0 Å². The van der Waals surface area contributed by atoms with E-state index in [1.165, 1.54) is 0 Å². The fourth-order valence-corrected chi connectivity index (χ4v) is 3.29. The Labute approximate surface area is 120 Å². The Hall–Kier alpha value is -1.64. The first kappa shape index (κ1) is 13.3. The summed E-state index contributed by atoms with van der Waals surface area (Å²) in [7, 11) is 1.84. The van der Waals surface area contributed by atoms with E-state index < -0.39 is 5.41 Å². The van der Waals surface area contributed by atoms with Gasteiger partial charge in [-0.2, -0.15) is 0 Å². The van der Waals surface area contributed by atoms with Crippen LogP contribution in [0, 0.1) is 5.92 Å². The van der Waals surface area contributed by atoms with Crippen molar-refractivity contribution in [1.29, 1.82) is 0 Å². The van der Waals surface area contributed by atoms with E-state index in [1.807, 2.05) is 38.2 Å². The highest BCUT2D eigenvalue weighted by atomic mass is 16.2. The van der Waals surface area contributed by atoms with Gasteiger partial charge < -0.3 is 4.90 Å². The molecule has 1 aliphatic heterocycles. The number of hydrogen-bond donors (Lipinski definition) is 0. The van der Waals surface area contributed by atoms with Gasteiger partial charge in [-0.3, -0.25) is 9.59 Å². The molecule has 20 heavy (non-hydrogen) atoms. The van der Waals surface area contributed by atoms with Crippen LogP contribution < -0.4 is 4.90 Å². The number of carbonyl (C=O) groups excluding carboxylic acids is 2. The Bertz CT molecular complexity index is 562. The third-order valence-electron chi connectivity index (χ3n) is 4.77. The van der Waals surface area contributed by atoms with Gasteiger partial charge in [-0.1, -0.05) is 18.2 Å². The molecule has 0 spiro atoms. The molecule has 0 bridgehead atoms. The van der Waals surface area contributed by atoms with Crippen LogP contribution in [0.5, 0.6) is 0 Å². The molecule has 1 saturated carbocycles. The molecule has 1 aliphatic carbocycles. The second-order valence-corrected chi connectivity index (χ2v) is 6.31. The van der Waals surface area contributed by atoms with Gasteiger partial charge in [-0.25, -0.2) is 0 Å². The van der Waals surface area contributed by atoms with E-state index in [2.05, 4.69) is 0 Å². The minimum atomic E-state index is -0.463. The number of carbonyl (C=O) groups is 2. The fraction of sp³-hybridized carbons (Fsp3) is 0.529. The lowest BCUT2D eigenvalue weighted by Crippen LogP contribution is -2.36. The van der Waals surface area contributed by atoms with E-state index in [0.29, 0.717) is 18.1 Å². The van der Waals surface area contributed by atoms with Gasteiger partial charge in [0.25, 0.3) is 0 Å². The molecule has 3 rings (SSSR count). The first-order valence-corrected chi connectivity index (χ1v) is 7.44. The molecule has 3 nitrogen and oxygen atoms in total.